The summed E-state index contributed by atoms with van der Waals surface area (Å²) in [4.78, 5) is 21.1. The second kappa shape index (κ2) is 8.85. The van der Waals surface area contributed by atoms with Gasteiger partial charge in [0.15, 0.2) is 0 Å². The lowest BCUT2D eigenvalue weighted by atomic mass is 10.2. The minimum absolute atomic E-state index is 0.265. The second-order valence-electron chi connectivity index (χ2n) is 6.07. The molecule has 1 heterocycles. The molecule has 7 nitrogen and oxygen atoms in total. The van der Waals surface area contributed by atoms with E-state index in [0.717, 1.165) is 22.7 Å². The molecule has 0 bridgehead atoms. The van der Waals surface area contributed by atoms with E-state index in [1.54, 1.807) is 27.2 Å². The summed E-state index contributed by atoms with van der Waals surface area (Å²) in [5.41, 5.74) is 2.11. The molecule has 0 saturated heterocycles. The summed E-state index contributed by atoms with van der Waals surface area (Å²) in [6.07, 6.45) is 0. The molecule has 0 unspecified atom stereocenters. The molecule has 0 spiro atoms. The molecule has 28 heavy (non-hydrogen) atoms. The summed E-state index contributed by atoms with van der Waals surface area (Å²) >= 11 is 0. The number of aromatic nitrogens is 2. The van der Waals surface area contributed by atoms with Crippen LogP contribution in [0.25, 0.3) is 0 Å². The van der Waals surface area contributed by atoms with Crippen LogP contribution < -0.4 is 20.1 Å². The average molecular weight is 378 g/mol. The molecule has 0 aliphatic rings. The quantitative estimate of drug-likeness (QED) is 0.655. The van der Waals surface area contributed by atoms with Crippen molar-refractivity contribution < 1.29 is 14.3 Å². The number of hydrogen-bond acceptors (Lipinski definition) is 6. The van der Waals surface area contributed by atoms with E-state index in [2.05, 4.69) is 20.6 Å². The molecule has 2 aromatic carbocycles. The van der Waals surface area contributed by atoms with Gasteiger partial charge in [-0.1, -0.05) is 12.1 Å². The van der Waals surface area contributed by atoms with E-state index in [1.165, 1.54) is 0 Å². The summed E-state index contributed by atoms with van der Waals surface area (Å²) in [7, 11) is 3.23. The van der Waals surface area contributed by atoms with Gasteiger partial charge in [-0.2, -0.15) is 0 Å². The van der Waals surface area contributed by atoms with Crippen LogP contribution in [0.15, 0.2) is 54.6 Å². The van der Waals surface area contributed by atoms with Crippen LogP contribution in [-0.4, -0.2) is 30.1 Å². The van der Waals surface area contributed by atoms with Crippen LogP contribution in [0, 0.1) is 6.92 Å². The minimum Gasteiger partial charge on any atom is -0.497 e. The number of methoxy groups -OCH3 is 2. The Balaban J connectivity index is 1.67. The van der Waals surface area contributed by atoms with Crippen molar-refractivity contribution in [1.29, 1.82) is 0 Å². The fraction of sp³-hybridized carbons (Fsp3) is 0.190. The normalized spacial score (nSPS) is 10.2. The molecule has 0 radical (unpaired) electrons. The van der Waals surface area contributed by atoms with E-state index < -0.39 is 0 Å². The number of carbonyl (C=O) groups is 1. The molecular weight excluding hydrogens is 356 g/mol. The van der Waals surface area contributed by atoms with Gasteiger partial charge < -0.3 is 20.1 Å². The zero-order valence-electron chi connectivity index (χ0n) is 16.0. The topological polar surface area (TPSA) is 85.4 Å². The van der Waals surface area contributed by atoms with Crippen LogP contribution in [-0.2, 0) is 6.54 Å². The number of amides is 1. The van der Waals surface area contributed by atoms with Gasteiger partial charge in [-0.05, 0) is 48.9 Å². The minimum atomic E-state index is -0.265. The summed E-state index contributed by atoms with van der Waals surface area (Å²) in [6.45, 7) is 2.15. The van der Waals surface area contributed by atoms with Crippen LogP contribution >= 0.6 is 0 Å². The molecule has 0 aliphatic heterocycles. The van der Waals surface area contributed by atoms with E-state index >= 15 is 0 Å². The zero-order chi connectivity index (χ0) is 19.9. The van der Waals surface area contributed by atoms with E-state index in [-0.39, 0.29) is 5.91 Å². The van der Waals surface area contributed by atoms with E-state index in [4.69, 9.17) is 9.47 Å². The van der Waals surface area contributed by atoms with Gasteiger partial charge in [0.05, 0.1) is 14.2 Å². The first-order chi connectivity index (χ1) is 13.6. The second-order valence-corrected chi connectivity index (χ2v) is 6.07. The highest BCUT2D eigenvalue weighted by molar-refractivity contribution is 5.93. The summed E-state index contributed by atoms with van der Waals surface area (Å²) in [6, 6.07) is 16.6. The molecule has 1 amide bonds. The third-order valence-corrected chi connectivity index (χ3v) is 4.05. The van der Waals surface area contributed by atoms with Gasteiger partial charge in [0.25, 0.3) is 5.91 Å². The molecule has 0 saturated carbocycles. The average Bonchev–Trinajstić information content (AvgIpc) is 2.72. The van der Waals surface area contributed by atoms with Crippen molar-refractivity contribution in [3.63, 3.8) is 0 Å². The van der Waals surface area contributed by atoms with E-state index in [9.17, 15) is 4.79 Å². The van der Waals surface area contributed by atoms with Crippen molar-refractivity contribution in [2.75, 3.05) is 19.5 Å². The van der Waals surface area contributed by atoms with Gasteiger partial charge >= 0.3 is 0 Å². The van der Waals surface area contributed by atoms with Crippen LogP contribution in [0.1, 0.15) is 21.9 Å². The Morgan fingerprint density at radius 1 is 0.929 bits per heavy atom. The summed E-state index contributed by atoms with van der Waals surface area (Å²) < 4.78 is 10.3. The predicted octanol–water partition coefficient (Wildman–Crippen LogP) is 3.48. The highest BCUT2D eigenvalue weighted by Gasteiger charge is 2.11. The lowest BCUT2D eigenvalue weighted by molar-refractivity contribution is 0.0945. The van der Waals surface area contributed by atoms with Crippen molar-refractivity contribution >= 4 is 17.4 Å². The van der Waals surface area contributed by atoms with Gasteiger partial charge in [-0.3, -0.25) is 4.79 Å². The van der Waals surface area contributed by atoms with Crippen LogP contribution in [0.2, 0.25) is 0 Å². The first-order valence-electron chi connectivity index (χ1n) is 8.75. The highest BCUT2D eigenvalue weighted by Crippen LogP contribution is 2.19. The van der Waals surface area contributed by atoms with E-state index in [0.29, 0.717) is 23.9 Å². The number of aryl methyl sites for hydroxylation is 1. The lowest BCUT2D eigenvalue weighted by Gasteiger charge is -2.10. The molecule has 0 aliphatic carbocycles. The Bertz CT molecular complexity index is 941. The Kier molecular flexibility index (Phi) is 6.06. The maximum atomic E-state index is 12.5. The van der Waals surface area contributed by atoms with Crippen molar-refractivity contribution in [2.24, 2.45) is 0 Å². The van der Waals surface area contributed by atoms with Crippen LogP contribution in [0.5, 0.6) is 11.5 Å². The van der Waals surface area contributed by atoms with Crippen molar-refractivity contribution in [2.45, 2.75) is 13.5 Å². The molecule has 0 atom stereocenters. The standard InChI is InChI=1S/C21H22N4O3/c1-14-23-19(21(26)22-13-15-4-8-17(27-2)9-5-15)12-20(24-14)25-16-6-10-18(28-3)11-7-16/h4-12H,13H2,1-3H3,(H,22,26)(H,23,24,25). The number of ether oxygens (including phenoxy) is 2. The Hall–Kier alpha value is -3.61. The number of carbonyl (C=O) groups excluding carboxylic acids is 1. The fourth-order valence-corrected chi connectivity index (χ4v) is 2.59. The molecular formula is C21H22N4O3. The SMILES string of the molecule is COc1ccc(CNC(=O)c2cc(Nc3ccc(OC)cc3)nc(C)n2)cc1. The van der Waals surface area contributed by atoms with E-state index in [1.807, 2.05) is 48.5 Å². The van der Waals surface area contributed by atoms with Crippen LogP contribution in [0.4, 0.5) is 11.5 Å². The highest BCUT2D eigenvalue weighted by atomic mass is 16.5. The number of hydrogen-bond donors (Lipinski definition) is 2. The first-order valence-corrected chi connectivity index (χ1v) is 8.75. The fourth-order valence-electron chi connectivity index (χ4n) is 2.59. The summed E-state index contributed by atoms with van der Waals surface area (Å²) in [5.74, 6) is 2.33. The molecule has 3 aromatic rings. The van der Waals surface area contributed by atoms with Gasteiger partial charge in [-0.15, -0.1) is 0 Å². The number of benzene rings is 2. The van der Waals surface area contributed by atoms with Gasteiger partial charge in [0, 0.05) is 18.3 Å². The largest absolute Gasteiger partial charge is 0.497 e. The Morgan fingerprint density at radius 2 is 1.54 bits per heavy atom. The molecule has 1 aromatic heterocycles. The first kappa shape index (κ1) is 19.2. The number of nitrogens with zero attached hydrogens (tertiary/aromatic N) is 2. The van der Waals surface area contributed by atoms with Crippen LogP contribution in [0.3, 0.4) is 0 Å². The third-order valence-electron chi connectivity index (χ3n) is 4.05. The number of nitrogens with one attached hydrogen (secondary N) is 2. The molecule has 3 rings (SSSR count). The molecule has 144 valence electrons. The number of anilines is 2. The van der Waals surface area contributed by atoms with Crippen molar-refractivity contribution in [3.05, 3.63) is 71.7 Å². The van der Waals surface area contributed by atoms with Crippen molar-refractivity contribution in [1.82, 2.24) is 15.3 Å². The Morgan fingerprint density at radius 3 is 2.14 bits per heavy atom. The van der Waals surface area contributed by atoms with Gasteiger partial charge in [-0.25, -0.2) is 9.97 Å². The monoisotopic (exact) mass is 378 g/mol. The predicted molar refractivity (Wildman–Crippen MR) is 107 cm³/mol. The molecule has 2 N–H and O–H groups in total. The maximum absolute atomic E-state index is 12.5. The smallest absolute Gasteiger partial charge is 0.270 e. The lowest BCUT2D eigenvalue weighted by Crippen LogP contribution is -2.24. The zero-order valence-corrected chi connectivity index (χ0v) is 16.0. The molecule has 7 heteroatoms. The number of rotatable bonds is 7. The Labute approximate surface area is 163 Å². The molecule has 0 fully saturated rings. The summed E-state index contributed by atoms with van der Waals surface area (Å²) in [5, 5.41) is 6.05. The maximum Gasteiger partial charge on any atom is 0.270 e. The third kappa shape index (κ3) is 4.97. The van der Waals surface area contributed by atoms with Crippen molar-refractivity contribution in [3.8, 4) is 11.5 Å². The van der Waals surface area contributed by atoms with Gasteiger partial charge in [0.2, 0.25) is 0 Å². The van der Waals surface area contributed by atoms with Gasteiger partial charge in [0.1, 0.15) is 28.8 Å².